The van der Waals surface area contributed by atoms with Gasteiger partial charge in [-0.1, -0.05) is 97.1 Å². The number of rotatable bonds is 9. The van der Waals surface area contributed by atoms with Gasteiger partial charge in [-0.05, 0) is 48.0 Å². The molecule has 1 heterocycles. The highest BCUT2D eigenvalue weighted by Gasteiger charge is 2.33. The van der Waals surface area contributed by atoms with Gasteiger partial charge in [-0.25, -0.2) is 0 Å². The molecule has 4 aromatic rings. The molecule has 6 heteroatoms. The third-order valence-electron chi connectivity index (χ3n) is 6.25. The summed E-state index contributed by atoms with van der Waals surface area (Å²) in [5, 5.41) is 7.02. The van der Waals surface area contributed by atoms with E-state index in [2.05, 4.69) is 10.6 Å². The lowest BCUT2D eigenvalue weighted by Gasteiger charge is -2.32. The fourth-order valence-corrected chi connectivity index (χ4v) is 4.68. The number of nitrogens with one attached hydrogen (secondary N) is 2. The minimum atomic E-state index is -0.492. The topological polar surface area (TPSA) is 59.6 Å². The smallest absolute Gasteiger partial charge is 0.193 e. The number of ketones is 1. The second kappa shape index (κ2) is 11.8. The van der Waals surface area contributed by atoms with Crippen LogP contribution in [0.3, 0.4) is 0 Å². The zero-order chi connectivity index (χ0) is 26.3. The summed E-state index contributed by atoms with van der Waals surface area (Å²) in [5.74, 6) is 1.17. The number of hydrogen-bond acceptors (Lipinski definition) is 4. The van der Waals surface area contributed by atoms with Crippen LogP contribution < -0.4 is 20.1 Å². The molecule has 2 N–H and O–H groups in total. The molecule has 0 aliphatic carbocycles. The van der Waals surface area contributed by atoms with E-state index in [1.807, 2.05) is 116 Å². The first-order chi connectivity index (χ1) is 18.6. The maximum Gasteiger partial charge on any atom is 0.193 e. The summed E-state index contributed by atoms with van der Waals surface area (Å²) >= 11 is 5.60. The zero-order valence-corrected chi connectivity index (χ0v) is 21.8. The van der Waals surface area contributed by atoms with E-state index in [0.29, 0.717) is 46.7 Å². The molecule has 5 rings (SSSR count). The van der Waals surface area contributed by atoms with Gasteiger partial charge in [0.1, 0.15) is 6.61 Å². The van der Waals surface area contributed by atoms with E-state index >= 15 is 0 Å². The van der Waals surface area contributed by atoms with Crippen LogP contribution in [0.4, 0.5) is 0 Å². The Morgan fingerprint density at radius 2 is 1.47 bits per heavy atom. The number of benzene rings is 4. The fraction of sp³-hybridized carbons (Fsp3) is 0.125. The molecule has 0 saturated heterocycles. The first-order valence-electron chi connectivity index (χ1n) is 12.5. The standard InChI is InChI=1S/C32H28N2O3S/c1-2-36-27-20-25(18-19-26(27)37-21-22-12-6-3-7-13-22)30-28(31(35)24-16-10-5-11-17-24)29(33-32(38)34-30)23-14-8-4-9-15-23/h3-20,30H,2,21H2,1H3,(H2,33,34,38)/t30-/m1/s1. The van der Waals surface area contributed by atoms with Gasteiger partial charge < -0.3 is 20.1 Å². The highest BCUT2D eigenvalue weighted by atomic mass is 32.1. The van der Waals surface area contributed by atoms with Crippen molar-refractivity contribution in [3.8, 4) is 11.5 Å². The number of thiocarbonyl (C=S) groups is 1. The van der Waals surface area contributed by atoms with E-state index in [1.165, 1.54) is 0 Å². The van der Waals surface area contributed by atoms with Gasteiger partial charge in [-0.15, -0.1) is 0 Å². The Balaban J connectivity index is 1.57. The zero-order valence-electron chi connectivity index (χ0n) is 21.0. The van der Waals surface area contributed by atoms with Crippen LogP contribution in [0.5, 0.6) is 11.5 Å². The molecule has 1 atom stereocenters. The number of hydrogen-bond donors (Lipinski definition) is 2. The third-order valence-corrected chi connectivity index (χ3v) is 6.47. The summed E-state index contributed by atoms with van der Waals surface area (Å²) in [6.45, 7) is 2.83. The average Bonchev–Trinajstić information content (AvgIpc) is 2.97. The fourth-order valence-electron chi connectivity index (χ4n) is 4.46. The molecule has 5 nitrogen and oxygen atoms in total. The monoisotopic (exact) mass is 520 g/mol. The maximum atomic E-state index is 14.0. The summed E-state index contributed by atoms with van der Waals surface area (Å²) in [6, 6.07) is 34.3. The van der Waals surface area contributed by atoms with Crippen molar-refractivity contribution in [3.63, 3.8) is 0 Å². The molecular formula is C32H28N2O3S. The average molecular weight is 521 g/mol. The van der Waals surface area contributed by atoms with Crippen molar-refractivity contribution >= 4 is 28.8 Å². The Hall–Kier alpha value is -4.42. The summed E-state index contributed by atoms with van der Waals surface area (Å²) in [6.07, 6.45) is 0. The van der Waals surface area contributed by atoms with E-state index in [4.69, 9.17) is 21.7 Å². The van der Waals surface area contributed by atoms with Gasteiger partial charge in [-0.2, -0.15) is 0 Å². The Morgan fingerprint density at radius 1 is 0.816 bits per heavy atom. The molecule has 0 aromatic heterocycles. The lowest BCUT2D eigenvalue weighted by atomic mass is 9.87. The van der Waals surface area contributed by atoms with Gasteiger partial charge in [0, 0.05) is 5.56 Å². The van der Waals surface area contributed by atoms with Crippen LogP contribution in [0.25, 0.3) is 5.70 Å². The number of ether oxygens (including phenoxy) is 2. The van der Waals surface area contributed by atoms with E-state index in [-0.39, 0.29) is 5.78 Å². The predicted molar refractivity (Wildman–Crippen MR) is 154 cm³/mol. The van der Waals surface area contributed by atoms with Crippen LogP contribution >= 0.6 is 12.2 Å². The molecule has 0 amide bonds. The van der Waals surface area contributed by atoms with E-state index in [1.54, 1.807) is 0 Å². The van der Waals surface area contributed by atoms with E-state index in [9.17, 15) is 4.79 Å². The number of Topliss-reactive ketones (excluding diaryl/α,β-unsaturated/α-hetero) is 1. The molecule has 4 aromatic carbocycles. The Kier molecular flexibility index (Phi) is 7.81. The Bertz CT molecular complexity index is 1450. The van der Waals surface area contributed by atoms with Crippen molar-refractivity contribution in [2.45, 2.75) is 19.6 Å². The highest BCUT2D eigenvalue weighted by Crippen LogP contribution is 2.37. The van der Waals surface area contributed by atoms with Crippen LogP contribution in [0.2, 0.25) is 0 Å². The molecule has 1 aliphatic heterocycles. The van der Waals surface area contributed by atoms with Gasteiger partial charge in [0.05, 0.1) is 23.9 Å². The lowest BCUT2D eigenvalue weighted by molar-refractivity contribution is 0.102. The van der Waals surface area contributed by atoms with Crippen molar-refractivity contribution in [3.05, 3.63) is 137 Å². The van der Waals surface area contributed by atoms with Crippen molar-refractivity contribution < 1.29 is 14.3 Å². The van der Waals surface area contributed by atoms with Gasteiger partial charge in [0.25, 0.3) is 0 Å². The second-order valence-corrected chi connectivity index (χ2v) is 9.20. The molecule has 0 fully saturated rings. The quantitative estimate of drug-likeness (QED) is 0.195. The summed E-state index contributed by atoms with van der Waals surface area (Å²) in [7, 11) is 0. The van der Waals surface area contributed by atoms with Crippen LogP contribution in [0, 0.1) is 0 Å². The molecule has 0 radical (unpaired) electrons. The summed E-state index contributed by atoms with van der Waals surface area (Å²) in [5.41, 5.74) is 4.67. The normalized spacial score (nSPS) is 14.9. The number of carbonyl (C=O) groups is 1. The van der Waals surface area contributed by atoms with Crippen molar-refractivity contribution in [2.24, 2.45) is 0 Å². The minimum absolute atomic E-state index is 0.0840. The molecule has 0 unspecified atom stereocenters. The first-order valence-corrected chi connectivity index (χ1v) is 12.9. The molecule has 1 aliphatic rings. The van der Waals surface area contributed by atoms with Gasteiger partial charge in [0.2, 0.25) is 0 Å². The van der Waals surface area contributed by atoms with Gasteiger partial charge >= 0.3 is 0 Å². The van der Waals surface area contributed by atoms with Crippen LogP contribution in [-0.4, -0.2) is 17.5 Å². The maximum absolute atomic E-state index is 14.0. The second-order valence-electron chi connectivity index (χ2n) is 8.79. The SMILES string of the molecule is CCOc1cc([C@H]2NC(=S)NC(c3ccccc3)=C2C(=O)c2ccccc2)ccc1OCc1ccccc1. The van der Waals surface area contributed by atoms with Gasteiger partial charge in [-0.3, -0.25) is 4.79 Å². The third kappa shape index (κ3) is 5.61. The molecule has 38 heavy (non-hydrogen) atoms. The molecule has 0 spiro atoms. The summed E-state index contributed by atoms with van der Waals surface area (Å²) < 4.78 is 12.1. The lowest BCUT2D eigenvalue weighted by Crippen LogP contribution is -2.44. The van der Waals surface area contributed by atoms with Crippen molar-refractivity contribution in [2.75, 3.05) is 6.61 Å². The Labute approximate surface area is 228 Å². The van der Waals surface area contributed by atoms with Gasteiger partial charge in [0.15, 0.2) is 22.4 Å². The van der Waals surface area contributed by atoms with Crippen LogP contribution in [0.1, 0.15) is 40.0 Å². The first kappa shape index (κ1) is 25.2. The highest BCUT2D eigenvalue weighted by molar-refractivity contribution is 7.80. The molecular weight excluding hydrogens is 492 g/mol. The molecule has 0 bridgehead atoms. The predicted octanol–water partition coefficient (Wildman–Crippen LogP) is 6.48. The van der Waals surface area contributed by atoms with Crippen LogP contribution in [0.15, 0.2) is 115 Å². The van der Waals surface area contributed by atoms with Crippen molar-refractivity contribution in [1.82, 2.24) is 10.6 Å². The largest absolute Gasteiger partial charge is 0.490 e. The Morgan fingerprint density at radius 3 is 2.16 bits per heavy atom. The summed E-state index contributed by atoms with van der Waals surface area (Å²) in [4.78, 5) is 14.0. The van der Waals surface area contributed by atoms with Crippen LogP contribution in [-0.2, 0) is 6.61 Å². The number of carbonyl (C=O) groups excluding carboxylic acids is 1. The van der Waals surface area contributed by atoms with E-state index < -0.39 is 6.04 Å². The van der Waals surface area contributed by atoms with E-state index in [0.717, 1.165) is 16.7 Å². The molecule has 0 saturated carbocycles. The van der Waals surface area contributed by atoms with Crippen molar-refractivity contribution in [1.29, 1.82) is 0 Å². The molecule has 190 valence electrons. The minimum Gasteiger partial charge on any atom is -0.490 e.